The molecule has 1 saturated heterocycles. The number of likely N-dealkylation sites (tertiary alicyclic amines) is 1. The Hall–Kier alpha value is -1.02. The fraction of sp³-hybridized carbons (Fsp3) is 0.556. The standard InChI is InChI=1S/C18H22ClNO4S2/c1-12-2-4-20(5-3-12)18(25)26-10-16(21)23-9-14-7-15(19)6-13-8-22-11-24-17(13)14/h6-7,12H,2-5,8-11H2,1H3. The molecule has 3 rings (SSSR count). The number of esters is 1. The first-order valence-corrected chi connectivity index (χ1v) is 10.4. The SMILES string of the molecule is CC1CCN(C(=S)SCC(=O)OCc2cc(Cl)cc3c2OCOC3)CC1. The Morgan fingerprint density at radius 2 is 2.19 bits per heavy atom. The van der Waals surface area contributed by atoms with Crippen LogP contribution in [0, 0.1) is 5.92 Å². The third kappa shape index (κ3) is 5.25. The van der Waals surface area contributed by atoms with Crippen molar-refractivity contribution in [3.05, 3.63) is 28.3 Å². The van der Waals surface area contributed by atoms with E-state index in [0.717, 1.165) is 47.3 Å². The van der Waals surface area contributed by atoms with Gasteiger partial charge in [0.05, 0.1) is 12.4 Å². The minimum Gasteiger partial charge on any atom is -0.467 e. The summed E-state index contributed by atoms with van der Waals surface area (Å²) >= 11 is 12.9. The number of halogens is 1. The maximum absolute atomic E-state index is 12.1. The van der Waals surface area contributed by atoms with E-state index in [2.05, 4.69) is 11.8 Å². The molecule has 0 saturated carbocycles. The van der Waals surface area contributed by atoms with Gasteiger partial charge in [-0.25, -0.2) is 0 Å². The highest BCUT2D eigenvalue weighted by Gasteiger charge is 2.20. The molecule has 1 aromatic carbocycles. The molecule has 0 radical (unpaired) electrons. The van der Waals surface area contributed by atoms with E-state index in [-0.39, 0.29) is 25.1 Å². The van der Waals surface area contributed by atoms with Crippen molar-refractivity contribution in [3.8, 4) is 5.75 Å². The number of benzene rings is 1. The third-order valence-electron chi connectivity index (χ3n) is 4.50. The molecule has 0 atom stereocenters. The Bertz CT molecular complexity index is 677. The van der Waals surface area contributed by atoms with E-state index in [1.54, 1.807) is 12.1 Å². The molecule has 5 nitrogen and oxygen atoms in total. The lowest BCUT2D eigenvalue weighted by Gasteiger charge is -2.31. The molecule has 2 heterocycles. The van der Waals surface area contributed by atoms with Gasteiger partial charge in [-0.1, -0.05) is 42.5 Å². The van der Waals surface area contributed by atoms with Crippen molar-refractivity contribution >= 4 is 45.9 Å². The average Bonchev–Trinajstić information content (AvgIpc) is 2.64. The van der Waals surface area contributed by atoms with Gasteiger partial charge in [0.1, 0.15) is 16.7 Å². The highest BCUT2D eigenvalue weighted by molar-refractivity contribution is 8.23. The summed E-state index contributed by atoms with van der Waals surface area (Å²) in [6, 6.07) is 3.56. The maximum atomic E-state index is 12.1. The topological polar surface area (TPSA) is 48.0 Å². The molecule has 142 valence electrons. The fourth-order valence-corrected chi connectivity index (χ4v) is 4.28. The summed E-state index contributed by atoms with van der Waals surface area (Å²) < 4.78 is 16.9. The van der Waals surface area contributed by atoms with Gasteiger partial charge in [-0.15, -0.1) is 0 Å². The van der Waals surface area contributed by atoms with Crippen molar-refractivity contribution in [2.24, 2.45) is 5.92 Å². The van der Waals surface area contributed by atoms with Crippen molar-refractivity contribution in [3.63, 3.8) is 0 Å². The number of thioether (sulfide) groups is 1. The van der Waals surface area contributed by atoms with E-state index in [0.29, 0.717) is 17.4 Å². The zero-order valence-electron chi connectivity index (χ0n) is 14.7. The second-order valence-electron chi connectivity index (χ2n) is 6.55. The number of hydrogen-bond donors (Lipinski definition) is 0. The highest BCUT2D eigenvalue weighted by atomic mass is 35.5. The molecular formula is C18H22ClNO4S2. The molecule has 2 aliphatic heterocycles. The Labute approximate surface area is 168 Å². The number of carbonyl (C=O) groups excluding carboxylic acids is 1. The van der Waals surface area contributed by atoms with Crippen LogP contribution in [0.2, 0.25) is 5.02 Å². The van der Waals surface area contributed by atoms with Crippen molar-refractivity contribution in [2.75, 3.05) is 25.6 Å². The number of fused-ring (bicyclic) bond motifs is 1. The minimum absolute atomic E-state index is 0.121. The lowest BCUT2D eigenvalue weighted by atomic mass is 10.00. The van der Waals surface area contributed by atoms with Gasteiger partial charge in [-0.3, -0.25) is 4.79 Å². The molecule has 0 spiro atoms. The van der Waals surface area contributed by atoms with Crippen LogP contribution in [0.25, 0.3) is 0 Å². The van der Waals surface area contributed by atoms with Gasteiger partial charge >= 0.3 is 5.97 Å². The van der Waals surface area contributed by atoms with Gasteiger partial charge in [-0.05, 0) is 30.9 Å². The summed E-state index contributed by atoms with van der Waals surface area (Å²) in [4.78, 5) is 14.3. The van der Waals surface area contributed by atoms with Crippen molar-refractivity contribution in [2.45, 2.75) is 33.0 Å². The number of hydrogen-bond acceptors (Lipinski definition) is 6. The second-order valence-corrected chi connectivity index (χ2v) is 8.59. The highest BCUT2D eigenvalue weighted by Crippen LogP contribution is 2.32. The smallest absolute Gasteiger partial charge is 0.316 e. The number of carbonyl (C=O) groups is 1. The van der Waals surface area contributed by atoms with Gasteiger partial charge in [0.2, 0.25) is 0 Å². The zero-order chi connectivity index (χ0) is 18.5. The first kappa shape index (κ1) is 19.7. The summed E-state index contributed by atoms with van der Waals surface area (Å²) in [5, 5.41) is 0.568. The summed E-state index contributed by atoms with van der Waals surface area (Å²) in [6.07, 6.45) is 2.30. The summed E-state index contributed by atoms with van der Waals surface area (Å²) in [5.74, 6) is 1.35. The van der Waals surface area contributed by atoms with Gasteiger partial charge in [0, 0.05) is 29.2 Å². The third-order valence-corrected chi connectivity index (χ3v) is 6.21. The van der Waals surface area contributed by atoms with Crippen molar-refractivity contribution in [1.82, 2.24) is 4.90 Å². The molecule has 1 fully saturated rings. The van der Waals surface area contributed by atoms with Crippen LogP contribution in [0.5, 0.6) is 5.75 Å². The Morgan fingerprint density at radius 1 is 1.42 bits per heavy atom. The molecule has 8 heteroatoms. The van der Waals surface area contributed by atoms with Gasteiger partial charge in [0.25, 0.3) is 0 Å². The number of nitrogens with zero attached hydrogens (tertiary/aromatic N) is 1. The summed E-state index contributed by atoms with van der Waals surface area (Å²) in [7, 11) is 0. The summed E-state index contributed by atoms with van der Waals surface area (Å²) in [5.41, 5.74) is 1.62. The molecule has 0 N–H and O–H groups in total. The number of ether oxygens (including phenoxy) is 3. The predicted octanol–water partition coefficient (Wildman–Crippen LogP) is 4.00. The van der Waals surface area contributed by atoms with Gasteiger partial charge < -0.3 is 19.1 Å². The zero-order valence-corrected chi connectivity index (χ0v) is 17.1. The van der Waals surface area contributed by atoms with E-state index in [1.807, 2.05) is 0 Å². The normalized spacial score (nSPS) is 17.4. The van der Waals surface area contributed by atoms with E-state index in [9.17, 15) is 4.79 Å². The molecule has 0 aliphatic carbocycles. The molecule has 26 heavy (non-hydrogen) atoms. The first-order chi connectivity index (χ1) is 12.5. The van der Waals surface area contributed by atoms with Crippen LogP contribution < -0.4 is 4.74 Å². The average molecular weight is 416 g/mol. The molecule has 2 aliphatic rings. The number of thiocarbonyl (C=S) groups is 1. The molecule has 0 amide bonds. The molecule has 0 aromatic heterocycles. The van der Waals surface area contributed by atoms with E-state index in [1.165, 1.54) is 11.8 Å². The van der Waals surface area contributed by atoms with Crippen molar-refractivity contribution < 1.29 is 19.0 Å². The molecular weight excluding hydrogens is 394 g/mol. The monoisotopic (exact) mass is 415 g/mol. The molecule has 1 aromatic rings. The van der Waals surface area contributed by atoms with Crippen LogP contribution in [-0.4, -0.2) is 40.8 Å². The van der Waals surface area contributed by atoms with E-state index < -0.39 is 0 Å². The number of rotatable bonds is 4. The van der Waals surface area contributed by atoms with Crippen LogP contribution >= 0.6 is 35.6 Å². The van der Waals surface area contributed by atoms with Crippen LogP contribution in [0.4, 0.5) is 0 Å². The minimum atomic E-state index is -0.302. The predicted molar refractivity (Wildman–Crippen MR) is 107 cm³/mol. The fourth-order valence-electron chi connectivity index (χ4n) is 2.97. The Kier molecular flexibility index (Phi) is 7.03. The van der Waals surface area contributed by atoms with Crippen molar-refractivity contribution in [1.29, 1.82) is 0 Å². The van der Waals surface area contributed by atoms with Gasteiger partial charge in [-0.2, -0.15) is 0 Å². The van der Waals surface area contributed by atoms with Crippen LogP contribution in [0.15, 0.2) is 12.1 Å². The summed E-state index contributed by atoms with van der Waals surface area (Å²) in [6.45, 7) is 4.95. The second kappa shape index (κ2) is 9.26. The quantitative estimate of drug-likeness (QED) is 0.544. The maximum Gasteiger partial charge on any atom is 0.316 e. The van der Waals surface area contributed by atoms with E-state index in [4.69, 9.17) is 38.0 Å². The van der Waals surface area contributed by atoms with Crippen LogP contribution in [0.3, 0.4) is 0 Å². The Balaban J connectivity index is 1.47. The lowest BCUT2D eigenvalue weighted by molar-refractivity contribution is -0.141. The Morgan fingerprint density at radius 3 is 2.96 bits per heavy atom. The first-order valence-electron chi connectivity index (χ1n) is 8.62. The van der Waals surface area contributed by atoms with E-state index >= 15 is 0 Å². The lowest BCUT2D eigenvalue weighted by Crippen LogP contribution is -2.35. The largest absolute Gasteiger partial charge is 0.467 e. The molecule has 0 bridgehead atoms. The van der Waals surface area contributed by atoms with Crippen LogP contribution in [0.1, 0.15) is 30.9 Å². The van der Waals surface area contributed by atoms with Crippen LogP contribution in [-0.2, 0) is 27.5 Å². The molecule has 0 unspecified atom stereocenters. The number of piperidine rings is 1. The van der Waals surface area contributed by atoms with Gasteiger partial charge in [0.15, 0.2) is 6.79 Å².